The Morgan fingerprint density at radius 3 is 2.68 bits per heavy atom. The van der Waals surface area contributed by atoms with Crippen LogP contribution in [0.5, 0.6) is 0 Å². The number of ether oxygens (including phenoxy) is 1. The first-order valence-corrected chi connectivity index (χ1v) is 7.61. The lowest BCUT2D eigenvalue weighted by Crippen LogP contribution is -2.21. The van der Waals surface area contributed by atoms with E-state index in [0.29, 0.717) is 4.47 Å². The van der Waals surface area contributed by atoms with Crippen LogP contribution in [0.25, 0.3) is 0 Å². The van der Waals surface area contributed by atoms with E-state index in [1.54, 1.807) is 24.3 Å². The number of nitro groups is 1. The zero-order valence-electron chi connectivity index (χ0n) is 12.6. The number of carbonyl (C=O) groups is 2. The number of hydrogen-bond acceptors (Lipinski definition) is 6. The van der Waals surface area contributed by atoms with Crippen LogP contribution in [0.3, 0.4) is 0 Å². The molecule has 126 valence electrons. The van der Waals surface area contributed by atoms with Crippen LogP contribution in [0.15, 0.2) is 46.9 Å². The fraction of sp³-hybridized carbons (Fsp3) is 0.0625. The van der Waals surface area contributed by atoms with Gasteiger partial charge in [-0.1, -0.05) is 22.0 Å². The number of rotatable bonds is 5. The van der Waals surface area contributed by atoms with Crippen molar-refractivity contribution in [2.24, 2.45) is 0 Å². The Morgan fingerprint density at radius 2 is 2.04 bits per heavy atom. The summed E-state index contributed by atoms with van der Waals surface area (Å²) in [5.74, 6) is -1.35. The lowest BCUT2D eigenvalue weighted by molar-refractivity contribution is -0.384. The van der Waals surface area contributed by atoms with Crippen molar-refractivity contribution in [1.29, 1.82) is 5.26 Å². The van der Waals surface area contributed by atoms with Crippen LogP contribution in [0.2, 0.25) is 0 Å². The van der Waals surface area contributed by atoms with Gasteiger partial charge in [-0.05, 0) is 24.3 Å². The molecule has 0 radical (unpaired) electrons. The predicted molar refractivity (Wildman–Crippen MR) is 90.9 cm³/mol. The third kappa shape index (κ3) is 4.86. The number of halogens is 1. The number of esters is 1. The fourth-order valence-corrected chi connectivity index (χ4v) is 2.26. The first-order chi connectivity index (χ1) is 11.9. The van der Waals surface area contributed by atoms with Crippen molar-refractivity contribution in [3.63, 3.8) is 0 Å². The highest BCUT2D eigenvalue weighted by molar-refractivity contribution is 9.10. The van der Waals surface area contributed by atoms with Crippen molar-refractivity contribution in [2.45, 2.75) is 0 Å². The van der Waals surface area contributed by atoms with E-state index in [9.17, 15) is 19.7 Å². The van der Waals surface area contributed by atoms with Crippen LogP contribution in [0, 0.1) is 21.4 Å². The molecule has 0 aliphatic rings. The summed E-state index contributed by atoms with van der Waals surface area (Å²) in [6.07, 6.45) is 0. The Balaban J connectivity index is 2.00. The summed E-state index contributed by atoms with van der Waals surface area (Å²) >= 11 is 3.22. The molecule has 0 spiro atoms. The van der Waals surface area contributed by atoms with Gasteiger partial charge in [0, 0.05) is 16.6 Å². The second kappa shape index (κ2) is 8.03. The largest absolute Gasteiger partial charge is 0.452 e. The van der Waals surface area contributed by atoms with Gasteiger partial charge in [-0.25, -0.2) is 4.79 Å². The minimum absolute atomic E-state index is 0.0686. The molecule has 0 unspecified atom stereocenters. The van der Waals surface area contributed by atoms with Crippen molar-refractivity contribution in [1.82, 2.24) is 0 Å². The first-order valence-electron chi connectivity index (χ1n) is 6.82. The van der Waals surface area contributed by atoms with Crippen molar-refractivity contribution in [3.05, 3.63) is 68.2 Å². The van der Waals surface area contributed by atoms with Crippen LogP contribution < -0.4 is 5.32 Å². The Hall–Kier alpha value is -3.25. The summed E-state index contributed by atoms with van der Waals surface area (Å²) < 4.78 is 5.58. The second-order valence-corrected chi connectivity index (χ2v) is 5.65. The molecular weight excluding hydrogens is 394 g/mol. The molecule has 0 fully saturated rings. The van der Waals surface area contributed by atoms with E-state index in [4.69, 9.17) is 10.00 Å². The molecule has 2 rings (SSSR count). The van der Waals surface area contributed by atoms with E-state index >= 15 is 0 Å². The Kier molecular flexibility index (Phi) is 5.81. The molecule has 1 N–H and O–H groups in total. The van der Waals surface area contributed by atoms with E-state index in [1.165, 1.54) is 12.1 Å². The predicted octanol–water partition coefficient (Wildman–Crippen LogP) is 3.02. The van der Waals surface area contributed by atoms with Crippen molar-refractivity contribution in [2.75, 3.05) is 11.9 Å². The molecule has 0 aromatic heterocycles. The van der Waals surface area contributed by atoms with Gasteiger partial charge in [0.15, 0.2) is 6.61 Å². The number of benzene rings is 2. The molecule has 0 atom stereocenters. The molecule has 8 nitrogen and oxygen atoms in total. The maximum Gasteiger partial charge on any atom is 0.338 e. The number of nitrogens with one attached hydrogen (secondary N) is 1. The second-order valence-electron chi connectivity index (χ2n) is 4.73. The van der Waals surface area contributed by atoms with E-state index in [2.05, 4.69) is 21.2 Å². The summed E-state index contributed by atoms with van der Waals surface area (Å²) in [6, 6.07) is 11.7. The van der Waals surface area contributed by atoms with E-state index in [-0.39, 0.29) is 22.5 Å². The van der Waals surface area contributed by atoms with Gasteiger partial charge < -0.3 is 10.1 Å². The van der Waals surface area contributed by atoms with Gasteiger partial charge in [0.1, 0.15) is 6.07 Å². The molecule has 0 saturated carbocycles. The quantitative estimate of drug-likeness (QED) is 0.464. The van der Waals surface area contributed by atoms with Crippen LogP contribution in [0.4, 0.5) is 11.4 Å². The van der Waals surface area contributed by atoms with Gasteiger partial charge in [0.05, 0.1) is 21.7 Å². The van der Waals surface area contributed by atoms with Crippen LogP contribution >= 0.6 is 15.9 Å². The maximum atomic E-state index is 11.9. The molecule has 0 saturated heterocycles. The standard InChI is InChI=1S/C16H10BrN3O5/c17-12-3-1-2-10(6-12)16(22)25-9-15(21)19-14-5-4-13(20(23)24)7-11(14)8-18/h1-7H,9H2,(H,19,21). The van der Waals surface area contributed by atoms with Crippen LogP contribution in [-0.4, -0.2) is 23.4 Å². The number of carbonyl (C=O) groups excluding carboxylic acids is 2. The van der Waals surface area contributed by atoms with Crippen molar-refractivity contribution in [3.8, 4) is 6.07 Å². The Labute approximate surface area is 150 Å². The zero-order valence-corrected chi connectivity index (χ0v) is 14.1. The van der Waals surface area contributed by atoms with E-state index in [0.717, 1.165) is 12.1 Å². The minimum atomic E-state index is -0.680. The zero-order chi connectivity index (χ0) is 18.4. The Morgan fingerprint density at radius 1 is 1.28 bits per heavy atom. The average molecular weight is 404 g/mol. The molecular formula is C16H10BrN3O5. The third-order valence-electron chi connectivity index (χ3n) is 3.00. The van der Waals surface area contributed by atoms with Gasteiger partial charge in [0.25, 0.3) is 11.6 Å². The molecule has 1 amide bonds. The average Bonchev–Trinajstić information content (AvgIpc) is 2.59. The number of amides is 1. The third-order valence-corrected chi connectivity index (χ3v) is 3.50. The lowest BCUT2D eigenvalue weighted by Gasteiger charge is -2.08. The minimum Gasteiger partial charge on any atom is -0.452 e. The fourth-order valence-electron chi connectivity index (χ4n) is 1.86. The highest BCUT2D eigenvalue weighted by atomic mass is 79.9. The molecule has 0 aliphatic carbocycles. The molecule has 2 aromatic carbocycles. The van der Waals surface area contributed by atoms with Gasteiger partial charge in [-0.3, -0.25) is 14.9 Å². The van der Waals surface area contributed by atoms with Gasteiger partial charge in [-0.2, -0.15) is 5.26 Å². The topological polar surface area (TPSA) is 122 Å². The number of nitro benzene ring substituents is 1. The van der Waals surface area contributed by atoms with Crippen molar-refractivity contribution < 1.29 is 19.2 Å². The number of hydrogen-bond donors (Lipinski definition) is 1. The number of anilines is 1. The highest BCUT2D eigenvalue weighted by Gasteiger charge is 2.14. The molecule has 9 heteroatoms. The number of nitrogens with zero attached hydrogens (tertiary/aromatic N) is 2. The summed E-state index contributed by atoms with van der Waals surface area (Å²) in [5.41, 5.74) is 0.0309. The lowest BCUT2D eigenvalue weighted by atomic mass is 10.1. The first kappa shape index (κ1) is 18.1. The highest BCUT2D eigenvalue weighted by Crippen LogP contribution is 2.21. The molecule has 25 heavy (non-hydrogen) atoms. The normalized spacial score (nSPS) is 9.76. The molecule has 2 aromatic rings. The van der Waals surface area contributed by atoms with Crippen molar-refractivity contribution >= 4 is 39.2 Å². The molecule has 0 aliphatic heterocycles. The smallest absolute Gasteiger partial charge is 0.338 e. The molecule has 0 heterocycles. The maximum absolute atomic E-state index is 11.9. The van der Waals surface area contributed by atoms with E-state index in [1.807, 2.05) is 0 Å². The van der Waals surface area contributed by atoms with Gasteiger partial charge in [-0.15, -0.1) is 0 Å². The number of nitriles is 1. The summed E-state index contributed by atoms with van der Waals surface area (Å²) in [6.45, 7) is -0.562. The Bertz CT molecular complexity index is 892. The summed E-state index contributed by atoms with van der Waals surface area (Å²) in [5, 5.41) is 22.1. The van der Waals surface area contributed by atoms with Gasteiger partial charge >= 0.3 is 5.97 Å². The molecule has 0 bridgehead atoms. The summed E-state index contributed by atoms with van der Waals surface area (Å²) in [4.78, 5) is 33.7. The van der Waals surface area contributed by atoms with Crippen LogP contribution in [-0.2, 0) is 9.53 Å². The SMILES string of the molecule is N#Cc1cc([N+](=O)[O-])ccc1NC(=O)COC(=O)c1cccc(Br)c1. The van der Waals surface area contributed by atoms with Gasteiger partial charge in [0.2, 0.25) is 0 Å². The van der Waals surface area contributed by atoms with E-state index < -0.39 is 23.4 Å². The van der Waals surface area contributed by atoms with Crippen LogP contribution in [0.1, 0.15) is 15.9 Å². The summed E-state index contributed by atoms with van der Waals surface area (Å²) in [7, 11) is 0. The number of non-ortho nitro benzene ring substituents is 1. The monoisotopic (exact) mass is 403 g/mol.